The first kappa shape index (κ1) is 40.9. The first-order valence-electron chi connectivity index (χ1n) is 20.8. The van der Waals surface area contributed by atoms with E-state index in [1.165, 1.54) is 6.20 Å². The number of piperidine rings is 2. The molecule has 3 unspecified atom stereocenters. The number of amides is 4. The molecule has 6 heterocycles. The molecular formula is C44H49ClN9O6P. The number of para-hydroxylation sites is 1. The van der Waals surface area contributed by atoms with Crippen LogP contribution in [0.1, 0.15) is 59.2 Å². The third-order valence-corrected chi connectivity index (χ3v) is 14.6. The molecule has 3 N–H and O–H groups in total. The highest BCUT2D eigenvalue weighted by Gasteiger charge is 2.46. The average Bonchev–Trinajstić information content (AvgIpc) is 3.62. The lowest BCUT2D eigenvalue weighted by molar-refractivity contribution is -0.136. The molecule has 4 saturated heterocycles. The number of carbonyl (C=O) groups is 4. The Morgan fingerprint density at radius 1 is 0.836 bits per heavy atom. The molecule has 2 bridgehead atoms. The number of fused-ring (bicyclic) bond motifs is 3. The highest BCUT2D eigenvalue weighted by atomic mass is 35.5. The van der Waals surface area contributed by atoms with Crippen LogP contribution in [0.2, 0.25) is 5.02 Å². The van der Waals surface area contributed by atoms with Gasteiger partial charge in [0.1, 0.15) is 24.0 Å². The number of benzene rings is 3. The van der Waals surface area contributed by atoms with Crippen molar-refractivity contribution in [3.05, 3.63) is 83.0 Å². The monoisotopic (exact) mass is 865 g/mol. The standard InChI is InChI=1S/C44H49ClN9O6P/c1-60-37-21-28(11-13-34(37)48-44-46-22-33(45)40(50-44)47-35-6-4-5-7-38(35)61(2,3)59)51-18-16-26(17-19-51)23-53-29-8-9-30(53)25-52(24-29)27-10-12-31-32(20-27)43(58)54(42(31)57)36-14-15-39(55)49-41(36)56/h4-7,10-13,20-22,26,29-30,36H,8-9,14-19,23-25H2,1-3H3,(H,49,55,56)(H2,46,47,48,50). The van der Waals surface area contributed by atoms with Gasteiger partial charge in [0.25, 0.3) is 11.8 Å². The second-order valence-corrected chi connectivity index (χ2v) is 20.6. The molecule has 4 fully saturated rings. The van der Waals surface area contributed by atoms with Crippen LogP contribution < -0.4 is 35.8 Å². The van der Waals surface area contributed by atoms with Crippen LogP contribution in [0.3, 0.4) is 0 Å². The van der Waals surface area contributed by atoms with Gasteiger partial charge in [-0.3, -0.25) is 34.3 Å². The number of imide groups is 2. The summed E-state index contributed by atoms with van der Waals surface area (Å²) in [7, 11) is -0.912. The summed E-state index contributed by atoms with van der Waals surface area (Å²) in [4.78, 5) is 68.5. The third kappa shape index (κ3) is 8.06. The first-order valence-corrected chi connectivity index (χ1v) is 23.8. The zero-order valence-corrected chi connectivity index (χ0v) is 36.0. The van der Waals surface area contributed by atoms with Gasteiger partial charge in [0.15, 0.2) is 5.82 Å². The smallest absolute Gasteiger partial charge is 0.262 e. The maximum atomic E-state index is 13.5. The number of nitrogens with one attached hydrogen (secondary N) is 3. The van der Waals surface area contributed by atoms with Crippen LogP contribution in [-0.2, 0) is 14.2 Å². The van der Waals surface area contributed by atoms with E-state index in [1.807, 2.05) is 48.5 Å². The predicted molar refractivity (Wildman–Crippen MR) is 236 cm³/mol. The van der Waals surface area contributed by atoms with Crippen molar-refractivity contribution < 1.29 is 28.5 Å². The fraction of sp³-hybridized carbons (Fsp3) is 0.409. The number of aromatic nitrogens is 2. The SMILES string of the molecule is COc1cc(N2CCC(CN3C4CCC3CN(c3ccc5c(c3)C(=O)N(C3CCC(=O)NC3=O)C5=O)C4)CC2)ccc1Nc1ncc(Cl)c(Nc2ccccc2P(C)(C)=O)n1. The Labute approximate surface area is 359 Å². The van der Waals surface area contributed by atoms with E-state index < -0.39 is 30.9 Å². The van der Waals surface area contributed by atoms with Gasteiger partial charge in [-0.25, -0.2) is 4.98 Å². The number of carbonyl (C=O) groups excluding carboxylic acids is 4. The molecule has 4 aromatic rings. The molecule has 5 aliphatic rings. The molecule has 0 spiro atoms. The molecule has 17 heteroatoms. The second kappa shape index (κ2) is 16.4. The van der Waals surface area contributed by atoms with Gasteiger partial charge in [-0.15, -0.1) is 0 Å². The van der Waals surface area contributed by atoms with Crippen LogP contribution in [0, 0.1) is 5.92 Å². The molecule has 1 aromatic heterocycles. The zero-order chi connectivity index (χ0) is 42.6. The summed E-state index contributed by atoms with van der Waals surface area (Å²) in [6.07, 6.45) is 6.16. The van der Waals surface area contributed by atoms with Crippen LogP contribution >= 0.6 is 18.7 Å². The minimum Gasteiger partial charge on any atom is -0.494 e. The molecule has 5 aliphatic heterocycles. The molecule has 0 aliphatic carbocycles. The Morgan fingerprint density at radius 2 is 1.54 bits per heavy atom. The molecule has 3 atom stereocenters. The zero-order valence-electron chi connectivity index (χ0n) is 34.4. The van der Waals surface area contributed by atoms with Gasteiger partial charge in [-0.1, -0.05) is 23.7 Å². The van der Waals surface area contributed by atoms with Gasteiger partial charge in [0.05, 0.1) is 35.8 Å². The fourth-order valence-electron chi connectivity index (χ4n) is 9.62. The maximum Gasteiger partial charge on any atom is 0.262 e. The summed E-state index contributed by atoms with van der Waals surface area (Å²) >= 11 is 6.49. The largest absolute Gasteiger partial charge is 0.494 e. The molecule has 15 nitrogen and oxygen atoms in total. The summed E-state index contributed by atoms with van der Waals surface area (Å²) in [6, 6.07) is 18.8. The minimum absolute atomic E-state index is 0.0921. The number of halogens is 1. The van der Waals surface area contributed by atoms with Gasteiger partial charge in [-0.05, 0) is 93.8 Å². The summed E-state index contributed by atoms with van der Waals surface area (Å²) in [6.45, 7) is 8.09. The van der Waals surface area contributed by atoms with E-state index >= 15 is 0 Å². The van der Waals surface area contributed by atoms with Gasteiger partial charge in [-0.2, -0.15) is 4.98 Å². The normalized spacial score (nSPS) is 22.1. The highest BCUT2D eigenvalue weighted by Crippen LogP contribution is 2.40. The minimum atomic E-state index is -2.56. The van der Waals surface area contributed by atoms with E-state index in [9.17, 15) is 23.7 Å². The molecule has 0 saturated carbocycles. The van der Waals surface area contributed by atoms with Crippen molar-refractivity contribution in [3.8, 4) is 5.75 Å². The number of hydrogen-bond acceptors (Lipinski definition) is 13. The quantitative estimate of drug-likeness (QED) is 0.122. The first-order chi connectivity index (χ1) is 29.3. The molecule has 318 valence electrons. The lowest BCUT2D eigenvalue weighted by atomic mass is 9.94. The topological polar surface area (TPSA) is 169 Å². The van der Waals surface area contributed by atoms with E-state index in [0.717, 1.165) is 74.7 Å². The fourth-order valence-corrected chi connectivity index (χ4v) is 10.9. The number of methoxy groups -OCH3 is 1. The summed E-state index contributed by atoms with van der Waals surface area (Å²) < 4.78 is 18.8. The third-order valence-electron chi connectivity index (χ3n) is 12.8. The lowest BCUT2D eigenvalue weighted by Gasteiger charge is -2.44. The van der Waals surface area contributed by atoms with Gasteiger partial charge in [0, 0.05) is 74.0 Å². The number of rotatable bonds is 11. The summed E-state index contributed by atoms with van der Waals surface area (Å²) in [5, 5.41) is 9.83. The summed E-state index contributed by atoms with van der Waals surface area (Å²) in [5.41, 5.74) is 4.02. The Hall–Kier alpha value is -5.50. The van der Waals surface area contributed by atoms with Crippen LogP contribution in [0.15, 0.2) is 66.9 Å². The Morgan fingerprint density at radius 3 is 2.26 bits per heavy atom. The van der Waals surface area contributed by atoms with Crippen LogP contribution in [-0.4, -0.2) is 115 Å². The van der Waals surface area contributed by atoms with Gasteiger partial charge >= 0.3 is 0 Å². The van der Waals surface area contributed by atoms with Crippen molar-refractivity contribution in [3.63, 3.8) is 0 Å². The Balaban J connectivity index is 0.799. The highest BCUT2D eigenvalue weighted by molar-refractivity contribution is 7.70. The molecular weight excluding hydrogens is 817 g/mol. The van der Waals surface area contributed by atoms with Crippen molar-refractivity contribution in [1.29, 1.82) is 0 Å². The van der Waals surface area contributed by atoms with Gasteiger partial charge in [0.2, 0.25) is 17.8 Å². The van der Waals surface area contributed by atoms with E-state index in [4.69, 9.17) is 16.3 Å². The number of anilines is 6. The van der Waals surface area contributed by atoms with E-state index in [2.05, 4.69) is 46.7 Å². The number of hydrogen-bond donors (Lipinski definition) is 3. The predicted octanol–water partition coefficient (Wildman–Crippen LogP) is 5.84. The number of ether oxygens (including phenoxy) is 1. The van der Waals surface area contributed by atoms with Crippen molar-refractivity contribution in [2.45, 2.75) is 56.7 Å². The van der Waals surface area contributed by atoms with E-state index in [0.29, 0.717) is 68.3 Å². The Kier molecular flexibility index (Phi) is 11.0. The van der Waals surface area contributed by atoms with Crippen molar-refractivity contribution in [1.82, 2.24) is 25.1 Å². The maximum absolute atomic E-state index is 13.5. The average molecular weight is 866 g/mol. The van der Waals surface area contributed by atoms with Crippen molar-refractivity contribution >= 4 is 82.2 Å². The van der Waals surface area contributed by atoms with Crippen LogP contribution in [0.25, 0.3) is 0 Å². The Bertz CT molecular complexity index is 2460. The van der Waals surface area contributed by atoms with E-state index in [-0.39, 0.29) is 18.7 Å². The van der Waals surface area contributed by atoms with E-state index in [1.54, 1.807) is 26.5 Å². The lowest BCUT2D eigenvalue weighted by Crippen LogP contribution is -2.55. The molecule has 61 heavy (non-hydrogen) atoms. The van der Waals surface area contributed by atoms with Crippen molar-refractivity contribution in [2.24, 2.45) is 5.92 Å². The van der Waals surface area contributed by atoms with Crippen molar-refractivity contribution in [2.75, 3.05) is 73.6 Å². The van der Waals surface area contributed by atoms with Crippen LogP contribution in [0.5, 0.6) is 5.75 Å². The molecule has 0 radical (unpaired) electrons. The molecule has 9 rings (SSSR count). The van der Waals surface area contributed by atoms with Gasteiger partial charge < -0.3 is 29.7 Å². The second-order valence-electron chi connectivity index (χ2n) is 17.0. The number of nitrogens with zero attached hydrogens (tertiary/aromatic N) is 6. The summed E-state index contributed by atoms with van der Waals surface area (Å²) in [5.74, 6) is 0.0175. The molecule has 4 amide bonds. The molecule has 3 aromatic carbocycles. The number of piperazine rings is 1. The van der Waals surface area contributed by atoms with Crippen LogP contribution in [0.4, 0.5) is 34.5 Å².